The van der Waals surface area contributed by atoms with Crippen molar-refractivity contribution in [3.05, 3.63) is 21.3 Å². The summed E-state index contributed by atoms with van der Waals surface area (Å²) in [5.41, 5.74) is 0. The second-order valence-corrected chi connectivity index (χ2v) is 6.33. The summed E-state index contributed by atoms with van der Waals surface area (Å²) in [5, 5.41) is 5.44. The number of hydrogen-bond donors (Lipinski definition) is 1. The summed E-state index contributed by atoms with van der Waals surface area (Å²) >= 11 is 7.36. The molecule has 0 aromatic carbocycles. The molecule has 1 saturated carbocycles. The van der Waals surface area contributed by atoms with E-state index in [4.69, 9.17) is 21.1 Å². The van der Waals surface area contributed by atoms with Gasteiger partial charge < -0.3 is 14.8 Å². The van der Waals surface area contributed by atoms with Crippen molar-refractivity contribution in [2.24, 2.45) is 11.8 Å². The molecule has 0 unspecified atom stereocenters. The average Bonchev–Trinajstić information content (AvgIpc) is 2.99. The van der Waals surface area contributed by atoms with E-state index in [2.05, 4.69) is 5.32 Å². The molecule has 2 heterocycles. The molecular formula is C13H16ClNO3S. The average molecular weight is 302 g/mol. The topological polar surface area (TPSA) is 47.6 Å². The largest absolute Gasteiger partial charge is 0.384 e. The van der Waals surface area contributed by atoms with Gasteiger partial charge in [-0.25, -0.2) is 0 Å². The van der Waals surface area contributed by atoms with Gasteiger partial charge in [-0.2, -0.15) is 0 Å². The van der Waals surface area contributed by atoms with Crippen molar-refractivity contribution in [2.45, 2.75) is 18.6 Å². The van der Waals surface area contributed by atoms with Crippen molar-refractivity contribution in [1.82, 2.24) is 5.32 Å². The number of nitrogens with one attached hydrogen (secondary N) is 1. The highest BCUT2D eigenvalue weighted by molar-refractivity contribution is 7.12. The lowest BCUT2D eigenvalue weighted by Gasteiger charge is -2.47. The lowest BCUT2D eigenvalue weighted by atomic mass is 9.67. The number of rotatable bonds is 4. The Balaban J connectivity index is 1.68. The van der Waals surface area contributed by atoms with Gasteiger partial charge in [0.1, 0.15) is 4.88 Å². The minimum absolute atomic E-state index is 0.0866. The van der Waals surface area contributed by atoms with Crippen LogP contribution in [0.3, 0.4) is 0 Å². The first-order chi connectivity index (χ1) is 9.22. The molecule has 3 rings (SSSR count). The zero-order valence-corrected chi connectivity index (χ0v) is 12.2. The minimum atomic E-state index is -0.0866. The molecule has 1 amide bonds. The molecule has 104 valence electrons. The highest BCUT2D eigenvalue weighted by Gasteiger charge is 2.54. The third kappa shape index (κ3) is 2.29. The van der Waals surface area contributed by atoms with Crippen molar-refractivity contribution in [3.8, 4) is 0 Å². The van der Waals surface area contributed by atoms with Gasteiger partial charge in [-0.15, -0.1) is 11.3 Å². The molecule has 6 heteroatoms. The van der Waals surface area contributed by atoms with Crippen LogP contribution in [0.25, 0.3) is 0 Å². The van der Waals surface area contributed by atoms with E-state index in [1.165, 1.54) is 11.3 Å². The maximum absolute atomic E-state index is 12.2. The van der Waals surface area contributed by atoms with Gasteiger partial charge in [0.2, 0.25) is 0 Å². The summed E-state index contributed by atoms with van der Waals surface area (Å²) in [6, 6.07) is 1.88. The molecule has 0 bridgehead atoms. The fourth-order valence-corrected chi connectivity index (χ4v) is 4.15. The summed E-state index contributed by atoms with van der Waals surface area (Å²) < 4.78 is 10.9. The fraction of sp³-hybridized carbons (Fsp3) is 0.615. The molecule has 0 radical (unpaired) electrons. The van der Waals surface area contributed by atoms with E-state index in [0.29, 0.717) is 22.4 Å². The Morgan fingerprint density at radius 2 is 2.53 bits per heavy atom. The van der Waals surface area contributed by atoms with E-state index in [9.17, 15) is 4.79 Å². The molecule has 2 fully saturated rings. The third-order valence-corrected chi connectivity index (χ3v) is 5.35. The summed E-state index contributed by atoms with van der Waals surface area (Å²) in [5.74, 6) is 0.583. The monoisotopic (exact) mass is 301 g/mol. The molecule has 1 aliphatic carbocycles. The van der Waals surface area contributed by atoms with Crippen LogP contribution in [0.15, 0.2) is 11.4 Å². The number of carbonyl (C=O) groups excluding carboxylic acids is 1. The maximum atomic E-state index is 12.2. The third-order valence-electron chi connectivity index (χ3n) is 4.01. The predicted octanol–water partition coefficient (Wildman–Crippen LogP) is 2.18. The quantitative estimate of drug-likeness (QED) is 0.927. The molecule has 1 N–H and O–H groups in total. The Morgan fingerprint density at radius 1 is 1.68 bits per heavy atom. The number of amides is 1. The van der Waals surface area contributed by atoms with E-state index in [1.54, 1.807) is 13.2 Å². The van der Waals surface area contributed by atoms with Gasteiger partial charge in [0.15, 0.2) is 0 Å². The van der Waals surface area contributed by atoms with E-state index in [1.807, 2.05) is 5.38 Å². The van der Waals surface area contributed by atoms with Gasteiger partial charge in [-0.05, 0) is 17.9 Å². The molecule has 2 aliphatic rings. The standard InChI is InChI=1S/C13H16ClNO3S/c1-17-6-8-10(7-2-4-18-11(7)8)15-13(16)12-9(14)3-5-19-12/h3,5,7-8,10-11H,2,4,6H2,1H3,(H,15,16)/t7-,8+,10-,11-/m0/s1. The van der Waals surface area contributed by atoms with Gasteiger partial charge in [0.25, 0.3) is 5.91 Å². The van der Waals surface area contributed by atoms with Crippen LogP contribution in [-0.2, 0) is 9.47 Å². The van der Waals surface area contributed by atoms with Crippen LogP contribution < -0.4 is 5.32 Å². The van der Waals surface area contributed by atoms with Crippen molar-refractivity contribution in [3.63, 3.8) is 0 Å². The minimum Gasteiger partial charge on any atom is -0.384 e. The highest BCUT2D eigenvalue weighted by Crippen LogP contribution is 2.44. The first kappa shape index (κ1) is 13.4. The number of ether oxygens (including phenoxy) is 2. The molecule has 19 heavy (non-hydrogen) atoms. The fourth-order valence-electron chi connectivity index (χ4n) is 3.11. The smallest absolute Gasteiger partial charge is 0.263 e. The van der Waals surface area contributed by atoms with Crippen LogP contribution in [0.4, 0.5) is 0 Å². The zero-order chi connectivity index (χ0) is 13.4. The van der Waals surface area contributed by atoms with E-state index in [-0.39, 0.29) is 24.0 Å². The van der Waals surface area contributed by atoms with Crippen molar-refractivity contribution >= 4 is 28.8 Å². The Morgan fingerprint density at radius 3 is 3.21 bits per heavy atom. The van der Waals surface area contributed by atoms with Gasteiger partial charge in [-0.3, -0.25) is 4.79 Å². The molecule has 1 aliphatic heterocycles. The first-order valence-corrected chi connectivity index (χ1v) is 7.62. The summed E-state index contributed by atoms with van der Waals surface area (Å²) in [6.45, 7) is 1.39. The van der Waals surface area contributed by atoms with Gasteiger partial charge >= 0.3 is 0 Å². The zero-order valence-electron chi connectivity index (χ0n) is 10.6. The van der Waals surface area contributed by atoms with Crippen molar-refractivity contribution in [1.29, 1.82) is 0 Å². The molecule has 4 nitrogen and oxygen atoms in total. The van der Waals surface area contributed by atoms with Gasteiger partial charge in [0, 0.05) is 31.6 Å². The maximum Gasteiger partial charge on any atom is 0.263 e. The molecule has 1 aromatic rings. The predicted molar refractivity (Wildman–Crippen MR) is 73.8 cm³/mol. The van der Waals surface area contributed by atoms with E-state index < -0.39 is 0 Å². The Hall–Kier alpha value is -0.620. The van der Waals surface area contributed by atoms with Gasteiger partial charge in [-0.1, -0.05) is 11.6 Å². The second kappa shape index (κ2) is 5.40. The number of hydrogen-bond acceptors (Lipinski definition) is 4. The van der Waals surface area contributed by atoms with Gasteiger partial charge in [0.05, 0.1) is 17.7 Å². The molecule has 0 spiro atoms. The van der Waals surface area contributed by atoms with Crippen molar-refractivity contribution < 1.29 is 14.3 Å². The van der Waals surface area contributed by atoms with E-state index >= 15 is 0 Å². The SMILES string of the molecule is COC[C@@H]1[C@@H](NC(=O)c2sccc2Cl)[C@@H]2CCO[C@H]12. The lowest BCUT2D eigenvalue weighted by Crippen LogP contribution is -2.62. The van der Waals surface area contributed by atoms with Crippen LogP contribution in [0, 0.1) is 11.8 Å². The summed E-state index contributed by atoms with van der Waals surface area (Å²) in [4.78, 5) is 12.8. The number of carbonyl (C=O) groups is 1. The highest BCUT2D eigenvalue weighted by atomic mass is 35.5. The normalized spacial score (nSPS) is 32.7. The van der Waals surface area contributed by atoms with Crippen LogP contribution >= 0.6 is 22.9 Å². The summed E-state index contributed by atoms with van der Waals surface area (Å²) in [7, 11) is 1.68. The number of thiophene rings is 1. The molecule has 1 aromatic heterocycles. The van der Waals surface area contributed by atoms with E-state index in [0.717, 1.165) is 13.0 Å². The molecule has 1 saturated heterocycles. The lowest BCUT2D eigenvalue weighted by molar-refractivity contribution is -0.0809. The molecule has 4 atom stereocenters. The van der Waals surface area contributed by atoms with Crippen LogP contribution in [0.1, 0.15) is 16.1 Å². The number of methoxy groups -OCH3 is 1. The van der Waals surface area contributed by atoms with Crippen molar-refractivity contribution in [2.75, 3.05) is 20.3 Å². The van der Waals surface area contributed by atoms with Crippen LogP contribution in [0.2, 0.25) is 5.02 Å². The second-order valence-electron chi connectivity index (χ2n) is 5.00. The molecular weight excluding hydrogens is 286 g/mol. The Labute approximate surface area is 121 Å². The summed E-state index contributed by atoms with van der Waals surface area (Å²) in [6.07, 6.45) is 1.25. The van der Waals surface area contributed by atoms with Crippen LogP contribution in [-0.4, -0.2) is 38.4 Å². The van der Waals surface area contributed by atoms with Crippen LogP contribution in [0.5, 0.6) is 0 Å². The number of fused-ring (bicyclic) bond motifs is 1. The first-order valence-electron chi connectivity index (χ1n) is 6.36. The number of halogens is 1. The Kier molecular flexibility index (Phi) is 3.80. The Bertz CT molecular complexity index is 478.